The lowest BCUT2D eigenvalue weighted by Crippen LogP contribution is -1.95. The molecule has 0 saturated carbocycles. The molecule has 1 rings (SSSR count). The maximum absolute atomic E-state index is 5.69. The molecule has 0 aliphatic heterocycles. The van der Waals surface area contributed by atoms with Gasteiger partial charge in [0.25, 0.3) is 0 Å². The summed E-state index contributed by atoms with van der Waals surface area (Å²) < 4.78 is 1.02. The average molecular weight is 248 g/mol. The molecule has 3 heteroatoms. The van der Waals surface area contributed by atoms with Crippen molar-refractivity contribution in [3.05, 3.63) is 21.3 Å². The first-order valence-electron chi connectivity index (χ1n) is 2.92. The lowest BCUT2D eigenvalue weighted by Gasteiger charge is -2.03. The molecule has 0 fully saturated rings. The molecule has 0 saturated heterocycles. The van der Waals surface area contributed by atoms with E-state index in [1.807, 2.05) is 19.1 Å². The smallest absolute Gasteiger partial charge is 0.0480 e. The molecule has 0 radical (unpaired) electrons. The Morgan fingerprint density at radius 2 is 1.90 bits per heavy atom. The first-order chi connectivity index (χ1) is 4.61. The van der Waals surface area contributed by atoms with E-state index in [1.54, 1.807) is 0 Å². The molecule has 1 aromatic rings. The summed E-state index contributed by atoms with van der Waals surface area (Å²) in [5, 5.41) is 0. The molecule has 4 N–H and O–H groups in total. The molecule has 0 unspecified atom stereocenters. The third-order valence-electron chi connectivity index (χ3n) is 1.36. The molecule has 2 nitrogen and oxygen atoms in total. The van der Waals surface area contributed by atoms with Crippen LogP contribution in [0.4, 0.5) is 11.4 Å². The maximum atomic E-state index is 5.69. The summed E-state index contributed by atoms with van der Waals surface area (Å²) in [4.78, 5) is 0. The highest BCUT2D eigenvalue weighted by molar-refractivity contribution is 14.1. The fourth-order valence-corrected chi connectivity index (χ4v) is 1.57. The van der Waals surface area contributed by atoms with Crippen LogP contribution < -0.4 is 11.5 Å². The number of nitrogen functional groups attached to an aromatic ring is 2. The van der Waals surface area contributed by atoms with Crippen LogP contribution in [-0.4, -0.2) is 0 Å². The normalized spacial score (nSPS) is 9.80. The highest BCUT2D eigenvalue weighted by Crippen LogP contribution is 2.21. The summed E-state index contributed by atoms with van der Waals surface area (Å²) >= 11 is 2.17. The van der Waals surface area contributed by atoms with Gasteiger partial charge in [0.2, 0.25) is 0 Å². The van der Waals surface area contributed by atoms with Crippen molar-refractivity contribution < 1.29 is 0 Å². The molecule has 0 spiro atoms. The van der Waals surface area contributed by atoms with Crippen LogP contribution >= 0.6 is 22.6 Å². The minimum Gasteiger partial charge on any atom is -0.399 e. The van der Waals surface area contributed by atoms with Gasteiger partial charge in [-0.15, -0.1) is 0 Å². The van der Waals surface area contributed by atoms with Gasteiger partial charge in [-0.05, 0) is 47.2 Å². The second-order valence-electron chi connectivity index (χ2n) is 2.23. The van der Waals surface area contributed by atoms with Gasteiger partial charge in [0.05, 0.1) is 0 Å². The van der Waals surface area contributed by atoms with Crippen LogP contribution in [0.15, 0.2) is 12.1 Å². The quantitative estimate of drug-likeness (QED) is 0.543. The number of anilines is 2. The summed E-state index contributed by atoms with van der Waals surface area (Å²) in [5.74, 6) is 0. The number of hydrogen-bond donors (Lipinski definition) is 2. The number of aryl methyl sites for hydroxylation is 1. The van der Waals surface area contributed by atoms with E-state index < -0.39 is 0 Å². The number of benzene rings is 1. The minimum absolute atomic E-state index is 0.774. The van der Waals surface area contributed by atoms with Crippen LogP contribution in [0, 0.1) is 10.5 Å². The van der Waals surface area contributed by atoms with Gasteiger partial charge in [-0.1, -0.05) is 0 Å². The summed E-state index contributed by atoms with van der Waals surface area (Å²) in [6.07, 6.45) is 0. The van der Waals surface area contributed by atoms with Gasteiger partial charge in [0.1, 0.15) is 0 Å². The lowest BCUT2D eigenvalue weighted by atomic mass is 10.2. The van der Waals surface area contributed by atoms with E-state index in [9.17, 15) is 0 Å². The molecule has 0 bridgehead atoms. The number of halogens is 1. The topological polar surface area (TPSA) is 52.0 Å². The second kappa shape index (κ2) is 2.65. The van der Waals surface area contributed by atoms with Crippen molar-refractivity contribution >= 4 is 34.0 Å². The van der Waals surface area contributed by atoms with Crippen molar-refractivity contribution in [2.24, 2.45) is 0 Å². The number of rotatable bonds is 0. The highest BCUT2D eigenvalue weighted by Gasteiger charge is 1.98. The summed E-state index contributed by atoms with van der Waals surface area (Å²) in [6.45, 7) is 1.95. The first-order valence-corrected chi connectivity index (χ1v) is 4.00. The molecule has 0 heterocycles. The fraction of sp³-hybridized carbons (Fsp3) is 0.143. The van der Waals surface area contributed by atoms with Gasteiger partial charge >= 0.3 is 0 Å². The van der Waals surface area contributed by atoms with Crippen molar-refractivity contribution in [1.29, 1.82) is 0 Å². The highest BCUT2D eigenvalue weighted by atomic mass is 127. The number of hydrogen-bond acceptors (Lipinski definition) is 2. The lowest BCUT2D eigenvalue weighted by molar-refractivity contribution is 1.45. The Labute approximate surface area is 73.7 Å². The van der Waals surface area contributed by atoms with E-state index >= 15 is 0 Å². The molecule has 0 aliphatic carbocycles. The van der Waals surface area contributed by atoms with E-state index in [-0.39, 0.29) is 0 Å². The third kappa shape index (κ3) is 1.34. The van der Waals surface area contributed by atoms with Gasteiger partial charge in [-0.3, -0.25) is 0 Å². The largest absolute Gasteiger partial charge is 0.399 e. The van der Waals surface area contributed by atoms with Crippen molar-refractivity contribution in [3.8, 4) is 0 Å². The van der Waals surface area contributed by atoms with Crippen LogP contribution in [0.1, 0.15) is 5.56 Å². The monoisotopic (exact) mass is 248 g/mol. The average Bonchev–Trinajstić information content (AvgIpc) is 1.82. The van der Waals surface area contributed by atoms with Crippen molar-refractivity contribution in [3.63, 3.8) is 0 Å². The molecule has 0 aromatic heterocycles. The molecule has 1 aromatic carbocycles. The molecule has 10 heavy (non-hydrogen) atoms. The SMILES string of the molecule is Cc1cc(N)cc(I)c1N. The van der Waals surface area contributed by atoms with Gasteiger partial charge in [0.15, 0.2) is 0 Å². The van der Waals surface area contributed by atoms with Crippen LogP contribution in [0.3, 0.4) is 0 Å². The predicted octanol–water partition coefficient (Wildman–Crippen LogP) is 1.76. The van der Waals surface area contributed by atoms with Gasteiger partial charge in [0, 0.05) is 14.9 Å². The van der Waals surface area contributed by atoms with Gasteiger partial charge in [-0.25, -0.2) is 0 Å². The van der Waals surface area contributed by atoms with Gasteiger partial charge in [-0.2, -0.15) is 0 Å². The van der Waals surface area contributed by atoms with E-state index in [4.69, 9.17) is 11.5 Å². The Kier molecular flexibility index (Phi) is 2.03. The maximum Gasteiger partial charge on any atom is 0.0480 e. The third-order valence-corrected chi connectivity index (χ3v) is 2.25. The van der Waals surface area contributed by atoms with E-state index in [1.165, 1.54) is 0 Å². The van der Waals surface area contributed by atoms with Crippen LogP contribution in [0.5, 0.6) is 0 Å². The zero-order valence-corrected chi connectivity index (χ0v) is 7.84. The Bertz CT molecular complexity index is 235. The van der Waals surface area contributed by atoms with Crippen molar-refractivity contribution in [1.82, 2.24) is 0 Å². The second-order valence-corrected chi connectivity index (χ2v) is 3.40. The molecule has 54 valence electrons. The Morgan fingerprint density at radius 3 is 2.40 bits per heavy atom. The first kappa shape index (κ1) is 7.65. The molecule has 0 atom stereocenters. The summed E-state index contributed by atoms with van der Waals surface area (Å²) in [7, 11) is 0. The van der Waals surface area contributed by atoms with E-state index in [2.05, 4.69) is 22.6 Å². The van der Waals surface area contributed by atoms with E-state index in [0.29, 0.717) is 0 Å². The minimum atomic E-state index is 0.774. The van der Waals surface area contributed by atoms with Crippen LogP contribution in [-0.2, 0) is 0 Å². The fourth-order valence-electron chi connectivity index (χ4n) is 0.782. The van der Waals surface area contributed by atoms with Gasteiger partial charge < -0.3 is 11.5 Å². The molecule has 0 amide bonds. The Morgan fingerprint density at radius 1 is 1.30 bits per heavy atom. The predicted molar refractivity (Wildman–Crippen MR) is 52.7 cm³/mol. The molecule has 0 aliphatic rings. The Balaban J connectivity index is 3.31. The number of nitrogens with two attached hydrogens (primary N) is 2. The zero-order chi connectivity index (χ0) is 7.72. The molecular weight excluding hydrogens is 239 g/mol. The van der Waals surface area contributed by atoms with Crippen LogP contribution in [0.25, 0.3) is 0 Å². The standard InChI is InChI=1S/C7H9IN2/c1-4-2-5(9)3-6(8)7(4)10/h2-3H,9-10H2,1H3. The van der Waals surface area contributed by atoms with E-state index in [0.717, 1.165) is 20.5 Å². The Hall–Kier alpha value is -0.450. The van der Waals surface area contributed by atoms with Crippen LogP contribution in [0.2, 0.25) is 0 Å². The van der Waals surface area contributed by atoms with Crippen molar-refractivity contribution in [2.75, 3.05) is 11.5 Å². The summed E-state index contributed by atoms with van der Waals surface area (Å²) in [5.41, 5.74) is 13.9. The zero-order valence-electron chi connectivity index (χ0n) is 5.69. The molecular formula is C7H9IN2. The summed E-state index contributed by atoms with van der Waals surface area (Å²) in [6, 6.07) is 3.74. The van der Waals surface area contributed by atoms with Crippen molar-refractivity contribution in [2.45, 2.75) is 6.92 Å².